The third-order valence-corrected chi connectivity index (χ3v) is 4.13. The first kappa shape index (κ1) is 15.2. The lowest BCUT2D eigenvalue weighted by Crippen LogP contribution is -2.11. The fourth-order valence-electron chi connectivity index (χ4n) is 2.98. The van der Waals surface area contributed by atoms with Gasteiger partial charge in [0.25, 0.3) is 0 Å². The summed E-state index contributed by atoms with van der Waals surface area (Å²) in [4.78, 5) is 2.19. The molecule has 0 radical (unpaired) electrons. The number of rotatable bonds is 4. The van der Waals surface area contributed by atoms with E-state index in [1.807, 2.05) is 61.5 Å². The highest BCUT2D eigenvalue weighted by molar-refractivity contribution is 5.86. The van der Waals surface area contributed by atoms with Crippen LogP contribution >= 0.6 is 0 Å². The zero-order chi connectivity index (χ0) is 17.1. The van der Waals surface area contributed by atoms with Crippen LogP contribution in [0.5, 0.6) is 0 Å². The Balaban J connectivity index is 1.94. The number of aromatic nitrogens is 1. The molecule has 0 saturated heterocycles. The van der Waals surface area contributed by atoms with Crippen LogP contribution in [0.1, 0.15) is 5.76 Å². The molecular formula is C22H18N2O. The Morgan fingerprint density at radius 1 is 0.680 bits per heavy atom. The van der Waals surface area contributed by atoms with E-state index in [4.69, 9.17) is 4.52 Å². The van der Waals surface area contributed by atoms with Gasteiger partial charge in [-0.05, 0) is 31.2 Å². The number of aryl methyl sites for hydroxylation is 1. The molecule has 3 aromatic carbocycles. The van der Waals surface area contributed by atoms with Crippen molar-refractivity contribution >= 4 is 17.1 Å². The maximum Gasteiger partial charge on any atom is 0.158 e. The minimum Gasteiger partial charge on any atom is -0.359 e. The molecule has 4 rings (SSSR count). The van der Waals surface area contributed by atoms with Crippen LogP contribution in [0.3, 0.4) is 0 Å². The lowest BCUT2D eigenvalue weighted by atomic mass is 10.1. The van der Waals surface area contributed by atoms with Gasteiger partial charge in [0.05, 0.1) is 0 Å². The average Bonchev–Trinajstić information content (AvgIpc) is 3.06. The van der Waals surface area contributed by atoms with Gasteiger partial charge in [-0.2, -0.15) is 0 Å². The lowest BCUT2D eigenvalue weighted by Gasteiger charge is -2.25. The smallest absolute Gasteiger partial charge is 0.158 e. The van der Waals surface area contributed by atoms with Crippen molar-refractivity contribution in [1.29, 1.82) is 0 Å². The van der Waals surface area contributed by atoms with Gasteiger partial charge in [0.1, 0.15) is 11.4 Å². The zero-order valence-electron chi connectivity index (χ0n) is 14.0. The summed E-state index contributed by atoms with van der Waals surface area (Å²) in [7, 11) is 0. The molecule has 25 heavy (non-hydrogen) atoms. The summed E-state index contributed by atoms with van der Waals surface area (Å²) in [6.45, 7) is 1.95. The van der Waals surface area contributed by atoms with Gasteiger partial charge in [0, 0.05) is 16.9 Å². The van der Waals surface area contributed by atoms with Gasteiger partial charge in [-0.3, -0.25) is 0 Å². The highest BCUT2D eigenvalue weighted by Gasteiger charge is 2.23. The van der Waals surface area contributed by atoms with E-state index in [1.54, 1.807) is 0 Å². The van der Waals surface area contributed by atoms with E-state index in [0.29, 0.717) is 0 Å². The molecule has 1 heterocycles. The monoisotopic (exact) mass is 326 g/mol. The lowest BCUT2D eigenvalue weighted by molar-refractivity contribution is 0.400. The Kier molecular flexibility index (Phi) is 4.05. The molecule has 0 fully saturated rings. The summed E-state index contributed by atoms with van der Waals surface area (Å²) in [6.07, 6.45) is 0. The van der Waals surface area contributed by atoms with Crippen LogP contribution in [-0.4, -0.2) is 5.16 Å². The molecule has 3 heteroatoms. The van der Waals surface area contributed by atoms with Gasteiger partial charge >= 0.3 is 0 Å². The molecule has 0 saturated carbocycles. The maximum atomic E-state index is 5.58. The third kappa shape index (κ3) is 2.92. The van der Waals surface area contributed by atoms with Crippen molar-refractivity contribution in [3.05, 3.63) is 96.8 Å². The first-order chi connectivity index (χ1) is 12.3. The zero-order valence-corrected chi connectivity index (χ0v) is 14.0. The van der Waals surface area contributed by atoms with Crippen molar-refractivity contribution in [2.75, 3.05) is 4.90 Å². The third-order valence-electron chi connectivity index (χ3n) is 4.13. The molecule has 0 aliphatic heterocycles. The van der Waals surface area contributed by atoms with E-state index in [2.05, 4.69) is 46.5 Å². The first-order valence-electron chi connectivity index (χ1n) is 8.26. The number of nitrogens with zero attached hydrogens (tertiary/aromatic N) is 2. The second-order valence-electron chi connectivity index (χ2n) is 5.81. The standard InChI is InChI=1S/C22H18N2O/c1-17-22(21(23-25-17)18-11-5-2-6-12-18)24(19-13-7-3-8-14-19)20-15-9-4-10-16-20/h2-16H,1H3. The van der Waals surface area contributed by atoms with E-state index in [1.165, 1.54) is 0 Å². The van der Waals surface area contributed by atoms with E-state index < -0.39 is 0 Å². The van der Waals surface area contributed by atoms with Crippen LogP contribution in [0.4, 0.5) is 17.1 Å². The Morgan fingerprint density at radius 2 is 1.16 bits per heavy atom. The van der Waals surface area contributed by atoms with E-state index >= 15 is 0 Å². The Bertz CT molecular complexity index is 908. The number of anilines is 3. The van der Waals surface area contributed by atoms with E-state index in [9.17, 15) is 0 Å². The molecule has 4 aromatic rings. The molecule has 0 N–H and O–H groups in total. The largest absolute Gasteiger partial charge is 0.359 e. The highest BCUT2D eigenvalue weighted by Crippen LogP contribution is 2.42. The fourth-order valence-corrected chi connectivity index (χ4v) is 2.98. The highest BCUT2D eigenvalue weighted by atomic mass is 16.5. The molecular weight excluding hydrogens is 308 g/mol. The van der Waals surface area contributed by atoms with Gasteiger partial charge in [-0.1, -0.05) is 71.9 Å². The van der Waals surface area contributed by atoms with Crippen LogP contribution in [0.15, 0.2) is 95.5 Å². The number of hydrogen-bond acceptors (Lipinski definition) is 3. The summed E-state index contributed by atoms with van der Waals surface area (Å²) in [5.74, 6) is 0.784. The second-order valence-corrected chi connectivity index (χ2v) is 5.81. The molecule has 0 atom stereocenters. The molecule has 1 aromatic heterocycles. The van der Waals surface area contributed by atoms with Crippen molar-refractivity contribution in [3.63, 3.8) is 0 Å². The van der Waals surface area contributed by atoms with Crippen molar-refractivity contribution in [2.45, 2.75) is 6.92 Å². The van der Waals surface area contributed by atoms with Crippen molar-refractivity contribution in [3.8, 4) is 11.3 Å². The molecule has 0 aliphatic carbocycles. The Hall–Kier alpha value is -3.33. The number of benzene rings is 3. The second kappa shape index (κ2) is 6.65. The van der Waals surface area contributed by atoms with Crippen LogP contribution < -0.4 is 4.90 Å². The Morgan fingerprint density at radius 3 is 1.68 bits per heavy atom. The summed E-state index contributed by atoms with van der Waals surface area (Å²) in [6, 6.07) is 30.7. The quantitative estimate of drug-likeness (QED) is 0.452. The van der Waals surface area contributed by atoms with Crippen molar-refractivity contribution < 1.29 is 4.52 Å². The molecule has 122 valence electrons. The van der Waals surface area contributed by atoms with Crippen molar-refractivity contribution in [1.82, 2.24) is 5.16 Å². The van der Waals surface area contributed by atoms with Gasteiger partial charge in [-0.15, -0.1) is 0 Å². The molecule has 0 bridgehead atoms. The first-order valence-corrected chi connectivity index (χ1v) is 8.26. The van der Waals surface area contributed by atoms with Crippen LogP contribution in [-0.2, 0) is 0 Å². The molecule has 0 amide bonds. The Labute approximate surface area is 147 Å². The van der Waals surface area contributed by atoms with Crippen LogP contribution in [0.2, 0.25) is 0 Å². The molecule has 0 spiro atoms. The SMILES string of the molecule is Cc1onc(-c2ccccc2)c1N(c1ccccc1)c1ccccc1. The predicted octanol–water partition coefficient (Wildman–Crippen LogP) is 6.12. The number of para-hydroxylation sites is 2. The van der Waals surface area contributed by atoms with Gasteiger partial charge in [-0.25, -0.2) is 0 Å². The summed E-state index contributed by atoms with van der Waals surface area (Å²) < 4.78 is 5.58. The minimum absolute atomic E-state index is 0.784. The van der Waals surface area contributed by atoms with E-state index in [0.717, 1.165) is 34.1 Å². The molecule has 0 unspecified atom stereocenters. The van der Waals surface area contributed by atoms with Gasteiger partial charge < -0.3 is 9.42 Å². The normalized spacial score (nSPS) is 10.6. The maximum absolute atomic E-state index is 5.58. The van der Waals surface area contributed by atoms with Gasteiger partial charge in [0.15, 0.2) is 5.76 Å². The fraction of sp³-hybridized carbons (Fsp3) is 0.0455. The summed E-state index contributed by atoms with van der Waals surface area (Å²) in [5, 5.41) is 4.34. The summed E-state index contributed by atoms with van der Waals surface area (Å²) in [5.41, 5.74) is 4.97. The molecule has 0 aliphatic rings. The van der Waals surface area contributed by atoms with Crippen LogP contribution in [0, 0.1) is 6.92 Å². The average molecular weight is 326 g/mol. The van der Waals surface area contributed by atoms with Crippen LogP contribution in [0.25, 0.3) is 11.3 Å². The van der Waals surface area contributed by atoms with E-state index in [-0.39, 0.29) is 0 Å². The van der Waals surface area contributed by atoms with Gasteiger partial charge in [0.2, 0.25) is 0 Å². The molecule has 3 nitrogen and oxygen atoms in total. The topological polar surface area (TPSA) is 29.3 Å². The van der Waals surface area contributed by atoms with Crippen molar-refractivity contribution in [2.24, 2.45) is 0 Å². The summed E-state index contributed by atoms with van der Waals surface area (Å²) >= 11 is 0. The number of hydrogen-bond donors (Lipinski definition) is 0. The minimum atomic E-state index is 0.784. The predicted molar refractivity (Wildman–Crippen MR) is 101 cm³/mol.